The zero-order valence-electron chi connectivity index (χ0n) is 14.3. The number of hydrogen-bond acceptors (Lipinski definition) is 4. The molecule has 0 unspecified atom stereocenters. The second-order valence-corrected chi connectivity index (χ2v) is 6.58. The molecular weight excluding hydrogens is 316 g/mol. The Labute approximate surface area is 146 Å². The first-order chi connectivity index (χ1) is 12.2. The molecule has 1 saturated heterocycles. The third kappa shape index (κ3) is 3.30. The summed E-state index contributed by atoms with van der Waals surface area (Å²) in [6.07, 6.45) is 7.60. The fourth-order valence-corrected chi connectivity index (χ4v) is 3.51. The van der Waals surface area contributed by atoms with Gasteiger partial charge in [-0.2, -0.15) is 0 Å². The number of aromatic nitrogens is 2. The van der Waals surface area contributed by atoms with E-state index in [1.54, 1.807) is 6.26 Å². The Morgan fingerprint density at radius 3 is 3.12 bits per heavy atom. The van der Waals surface area contributed by atoms with Crippen molar-refractivity contribution in [3.63, 3.8) is 0 Å². The summed E-state index contributed by atoms with van der Waals surface area (Å²) in [6, 6.07) is 7.68. The van der Waals surface area contributed by atoms with E-state index in [1.165, 1.54) is 0 Å². The highest BCUT2D eigenvalue weighted by molar-refractivity contribution is 5.81. The maximum atomic E-state index is 12.5. The number of carbonyl (C=O) groups excluding carboxylic acids is 1. The third-order valence-corrected chi connectivity index (χ3v) is 4.78. The molecule has 4 rings (SSSR count). The van der Waals surface area contributed by atoms with E-state index in [0.717, 1.165) is 42.1 Å². The molecule has 1 N–H and O–H groups in total. The lowest BCUT2D eigenvalue weighted by molar-refractivity contribution is -0.125. The quantitative estimate of drug-likeness (QED) is 0.776. The van der Waals surface area contributed by atoms with Gasteiger partial charge in [0.25, 0.3) is 0 Å². The highest BCUT2D eigenvalue weighted by Gasteiger charge is 2.31. The van der Waals surface area contributed by atoms with Crippen LogP contribution in [0.4, 0.5) is 0 Å². The summed E-state index contributed by atoms with van der Waals surface area (Å²) in [5.41, 5.74) is 3.14. The number of aryl methyl sites for hydroxylation is 1. The Balaban J connectivity index is 1.43. The number of furan rings is 1. The summed E-state index contributed by atoms with van der Waals surface area (Å²) in [7, 11) is 0. The van der Waals surface area contributed by atoms with Crippen molar-refractivity contribution in [2.45, 2.75) is 38.9 Å². The standard InChI is InChI=1S/C19H22N4O2/c1-14-5-2-9-23-13-15(21-18(14)23)12-22-8-3-7-17(22)19(24)20-11-16-6-4-10-25-16/h2,4-6,9-10,13,17H,3,7-8,11-12H2,1H3,(H,20,24)/t17-/m1/s1. The van der Waals surface area contributed by atoms with Gasteiger partial charge in [0.05, 0.1) is 24.5 Å². The minimum Gasteiger partial charge on any atom is -0.467 e. The Morgan fingerprint density at radius 2 is 2.32 bits per heavy atom. The number of rotatable bonds is 5. The number of pyridine rings is 1. The first kappa shape index (κ1) is 15.9. The van der Waals surface area contributed by atoms with Crippen molar-refractivity contribution in [3.8, 4) is 0 Å². The highest BCUT2D eigenvalue weighted by atomic mass is 16.3. The lowest BCUT2D eigenvalue weighted by Crippen LogP contribution is -2.42. The molecule has 1 aliphatic heterocycles. The molecule has 1 fully saturated rings. The van der Waals surface area contributed by atoms with Crippen LogP contribution in [0.15, 0.2) is 47.3 Å². The van der Waals surface area contributed by atoms with Gasteiger partial charge in [-0.3, -0.25) is 9.69 Å². The predicted octanol–water partition coefficient (Wildman–Crippen LogP) is 2.52. The van der Waals surface area contributed by atoms with Crippen LogP contribution in [0.2, 0.25) is 0 Å². The summed E-state index contributed by atoms with van der Waals surface area (Å²) >= 11 is 0. The van der Waals surface area contributed by atoms with Crippen molar-refractivity contribution in [3.05, 3.63) is 59.9 Å². The smallest absolute Gasteiger partial charge is 0.237 e. The van der Waals surface area contributed by atoms with Crippen LogP contribution in [0.5, 0.6) is 0 Å². The van der Waals surface area contributed by atoms with Crippen LogP contribution in [0, 0.1) is 6.92 Å². The molecule has 3 aromatic rings. The maximum absolute atomic E-state index is 12.5. The van der Waals surface area contributed by atoms with E-state index in [4.69, 9.17) is 9.40 Å². The van der Waals surface area contributed by atoms with Crippen LogP contribution in [0.25, 0.3) is 5.65 Å². The molecule has 4 heterocycles. The number of nitrogens with zero attached hydrogens (tertiary/aromatic N) is 3. The predicted molar refractivity (Wildman–Crippen MR) is 93.9 cm³/mol. The van der Waals surface area contributed by atoms with Gasteiger partial charge in [0.1, 0.15) is 11.4 Å². The molecule has 0 bridgehead atoms. The van der Waals surface area contributed by atoms with Crippen molar-refractivity contribution in [1.82, 2.24) is 19.6 Å². The highest BCUT2D eigenvalue weighted by Crippen LogP contribution is 2.21. The first-order valence-electron chi connectivity index (χ1n) is 8.68. The fraction of sp³-hybridized carbons (Fsp3) is 0.368. The molecule has 0 radical (unpaired) electrons. The van der Waals surface area contributed by atoms with E-state index in [1.807, 2.05) is 28.8 Å². The monoisotopic (exact) mass is 338 g/mol. The maximum Gasteiger partial charge on any atom is 0.237 e. The van der Waals surface area contributed by atoms with Crippen molar-refractivity contribution in [2.75, 3.05) is 6.54 Å². The summed E-state index contributed by atoms with van der Waals surface area (Å²) in [5, 5.41) is 2.98. The van der Waals surface area contributed by atoms with E-state index in [2.05, 4.69) is 29.4 Å². The number of imidazole rings is 1. The van der Waals surface area contributed by atoms with Crippen molar-refractivity contribution in [2.24, 2.45) is 0 Å². The fourth-order valence-electron chi connectivity index (χ4n) is 3.51. The molecule has 25 heavy (non-hydrogen) atoms. The molecule has 3 aromatic heterocycles. The number of amides is 1. The summed E-state index contributed by atoms with van der Waals surface area (Å²) < 4.78 is 7.32. The van der Waals surface area contributed by atoms with Crippen molar-refractivity contribution in [1.29, 1.82) is 0 Å². The zero-order valence-corrected chi connectivity index (χ0v) is 14.3. The second kappa shape index (κ2) is 6.72. The van der Waals surface area contributed by atoms with Gasteiger partial charge in [-0.15, -0.1) is 0 Å². The topological polar surface area (TPSA) is 62.8 Å². The van der Waals surface area contributed by atoms with E-state index >= 15 is 0 Å². The van der Waals surface area contributed by atoms with Gasteiger partial charge in [0.15, 0.2) is 0 Å². The molecule has 0 aromatic carbocycles. The molecule has 0 spiro atoms. The van der Waals surface area contributed by atoms with Crippen LogP contribution in [-0.2, 0) is 17.9 Å². The molecular formula is C19H22N4O2. The van der Waals surface area contributed by atoms with Gasteiger partial charge >= 0.3 is 0 Å². The minimum atomic E-state index is -0.0964. The number of hydrogen-bond donors (Lipinski definition) is 1. The minimum absolute atomic E-state index is 0.0637. The van der Waals surface area contributed by atoms with Gasteiger partial charge in [0, 0.05) is 18.9 Å². The molecule has 1 amide bonds. The second-order valence-electron chi connectivity index (χ2n) is 6.58. The summed E-state index contributed by atoms with van der Waals surface area (Å²) in [6.45, 7) is 4.11. The number of likely N-dealkylation sites (tertiary alicyclic amines) is 1. The third-order valence-electron chi connectivity index (χ3n) is 4.78. The Hall–Kier alpha value is -2.60. The van der Waals surface area contributed by atoms with Gasteiger partial charge in [-0.25, -0.2) is 4.98 Å². The van der Waals surface area contributed by atoms with Crippen molar-refractivity contribution < 1.29 is 9.21 Å². The van der Waals surface area contributed by atoms with Gasteiger partial charge in [-0.05, 0) is 50.1 Å². The largest absolute Gasteiger partial charge is 0.467 e. The lowest BCUT2D eigenvalue weighted by atomic mass is 10.2. The molecule has 0 saturated carbocycles. The number of nitrogens with one attached hydrogen (secondary N) is 1. The molecule has 6 nitrogen and oxygen atoms in total. The van der Waals surface area contributed by atoms with Crippen molar-refractivity contribution >= 4 is 11.6 Å². The Kier molecular flexibility index (Phi) is 4.28. The van der Waals surface area contributed by atoms with Gasteiger partial charge in [-0.1, -0.05) is 6.07 Å². The zero-order chi connectivity index (χ0) is 17.2. The summed E-state index contributed by atoms with van der Waals surface area (Å²) in [4.78, 5) is 19.5. The van der Waals surface area contributed by atoms with Crippen LogP contribution >= 0.6 is 0 Å². The van der Waals surface area contributed by atoms with E-state index in [0.29, 0.717) is 13.1 Å². The van der Waals surface area contributed by atoms with E-state index in [-0.39, 0.29) is 11.9 Å². The molecule has 1 aliphatic rings. The average Bonchev–Trinajstić information content (AvgIpc) is 3.34. The van der Waals surface area contributed by atoms with Crippen LogP contribution in [0.1, 0.15) is 29.9 Å². The van der Waals surface area contributed by atoms with Gasteiger partial charge in [0.2, 0.25) is 5.91 Å². The Morgan fingerprint density at radius 1 is 1.40 bits per heavy atom. The van der Waals surface area contributed by atoms with Crippen LogP contribution < -0.4 is 5.32 Å². The Bertz CT molecular complexity index is 869. The van der Waals surface area contributed by atoms with Crippen LogP contribution in [-0.4, -0.2) is 32.8 Å². The normalized spacial score (nSPS) is 18.0. The van der Waals surface area contributed by atoms with E-state index in [9.17, 15) is 4.79 Å². The van der Waals surface area contributed by atoms with Crippen LogP contribution in [0.3, 0.4) is 0 Å². The molecule has 1 atom stereocenters. The number of fused-ring (bicyclic) bond motifs is 1. The number of carbonyl (C=O) groups is 1. The lowest BCUT2D eigenvalue weighted by Gasteiger charge is -2.22. The molecule has 6 heteroatoms. The summed E-state index contributed by atoms with van der Waals surface area (Å²) in [5.74, 6) is 0.836. The molecule has 0 aliphatic carbocycles. The first-order valence-corrected chi connectivity index (χ1v) is 8.68. The van der Waals surface area contributed by atoms with Gasteiger partial charge < -0.3 is 14.1 Å². The molecule has 130 valence electrons. The SMILES string of the molecule is Cc1cccn2cc(CN3CCC[C@@H]3C(=O)NCc3ccco3)nc12. The van der Waals surface area contributed by atoms with E-state index < -0.39 is 0 Å². The average molecular weight is 338 g/mol.